The summed E-state index contributed by atoms with van der Waals surface area (Å²) in [7, 11) is -3.67. The van der Waals surface area contributed by atoms with Crippen LogP contribution in [-0.2, 0) is 24.3 Å². The minimum absolute atomic E-state index is 0.103. The fraction of sp³-hybridized carbons (Fsp3) is 0.500. The van der Waals surface area contributed by atoms with Gasteiger partial charge in [0.1, 0.15) is 11.9 Å². The molecule has 0 aliphatic carbocycles. The normalized spacial score (nSPS) is 23.4. The first kappa shape index (κ1) is 19.3. The average molecular weight is 393 g/mol. The molecule has 0 spiro atoms. The number of nitrogens with one attached hydrogen (secondary N) is 1. The van der Waals surface area contributed by atoms with E-state index in [1.54, 1.807) is 23.1 Å². The van der Waals surface area contributed by atoms with Crippen LogP contribution in [0.5, 0.6) is 0 Å². The lowest BCUT2D eigenvalue weighted by Gasteiger charge is -2.30. The van der Waals surface area contributed by atoms with Gasteiger partial charge in [0.25, 0.3) is 15.9 Å². The summed E-state index contributed by atoms with van der Waals surface area (Å²) < 4.78 is 31.6. The van der Waals surface area contributed by atoms with Crippen molar-refractivity contribution in [2.45, 2.75) is 37.6 Å². The number of ether oxygens (including phenoxy) is 1. The van der Waals surface area contributed by atoms with Crippen molar-refractivity contribution >= 4 is 27.7 Å². The highest BCUT2D eigenvalue weighted by molar-refractivity contribution is 7.90. The van der Waals surface area contributed by atoms with E-state index in [1.807, 2.05) is 0 Å². The van der Waals surface area contributed by atoms with Crippen molar-refractivity contribution in [2.24, 2.45) is 10.9 Å². The predicted molar refractivity (Wildman–Crippen MR) is 98.7 cm³/mol. The molecule has 1 amide bonds. The zero-order valence-electron chi connectivity index (χ0n) is 15.3. The van der Waals surface area contributed by atoms with Crippen molar-refractivity contribution in [1.82, 2.24) is 9.62 Å². The molecule has 0 unspecified atom stereocenters. The fourth-order valence-corrected chi connectivity index (χ4v) is 4.48. The smallest absolute Gasteiger partial charge is 0.331 e. The van der Waals surface area contributed by atoms with Gasteiger partial charge in [-0.25, -0.2) is 13.2 Å². The number of rotatable bonds is 4. The molecule has 9 heteroatoms. The number of amidine groups is 1. The third-order valence-electron chi connectivity index (χ3n) is 4.67. The highest BCUT2D eigenvalue weighted by Gasteiger charge is 2.31. The molecule has 2 atom stereocenters. The fourth-order valence-electron chi connectivity index (χ4n) is 3.24. The number of piperidine rings is 1. The van der Waals surface area contributed by atoms with E-state index in [4.69, 9.17) is 4.74 Å². The molecule has 1 fully saturated rings. The molecule has 0 radical (unpaired) electrons. The second-order valence-electron chi connectivity index (χ2n) is 6.95. The van der Waals surface area contributed by atoms with Crippen LogP contribution in [0.1, 0.15) is 32.3 Å². The Bertz CT molecular complexity index is 881. The molecule has 0 aromatic heterocycles. The van der Waals surface area contributed by atoms with E-state index in [0.29, 0.717) is 24.6 Å². The summed E-state index contributed by atoms with van der Waals surface area (Å²) in [5, 5.41) is 0. The number of hydrogen-bond donors (Lipinski definition) is 1. The van der Waals surface area contributed by atoms with Crippen LogP contribution >= 0.6 is 0 Å². The van der Waals surface area contributed by atoms with Gasteiger partial charge >= 0.3 is 5.97 Å². The Hall–Kier alpha value is -2.42. The van der Waals surface area contributed by atoms with E-state index >= 15 is 0 Å². The van der Waals surface area contributed by atoms with Crippen LogP contribution < -0.4 is 4.72 Å². The van der Waals surface area contributed by atoms with Gasteiger partial charge in [0, 0.05) is 18.7 Å². The molecular weight excluding hydrogens is 370 g/mol. The number of hydrogen-bond acceptors (Lipinski definition) is 6. The maximum atomic E-state index is 12.2. The van der Waals surface area contributed by atoms with Gasteiger partial charge in [-0.1, -0.05) is 19.1 Å². The van der Waals surface area contributed by atoms with Crippen molar-refractivity contribution < 1.29 is 22.7 Å². The number of nitrogens with zero attached hydrogens (tertiary/aromatic N) is 2. The van der Waals surface area contributed by atoms with Crippen molar-refractivity contribution in [1.29, 1.82) is 0 Å². The molecule has 1 N–H and O–H groups in total. The molecule has 1 saturated heterocycles. The SMILES string of the molecule is C[C@H]1CCCN(C(=O)COC(=O)[C@H](C)N=C2NS(=O)(=O)c3ccccc32)C1. The van der Waals surface area contributed by atoms with Gasteiger partial charge < -0.3 is 9.64 Å². The number of likely N-dealkylation sites (tertiary alicyclic amines) is 1. The van der Waals surface area contributed by atoms with Crippen molar-refractivity contribution in [3.8, 4) is 0 Å². The number of esters is 1. The summed E-state index contributed by atoms with van der Waals surface area (Å²) in [5.41, 5.74) is 0.413. The lowest BCUT2D eigenvalue weighted by Crippen LogP contribution is -2.41. The summed E-state index contributed by atoms with van der Waals surface area (Å²) in [6.45, 7) is 4.61. The van der Waals surface area contributed by atoms with Crippen molar-refractivity contribution in [3.05, 3.63) is 29.8 Å². The highest BCUT2D eigenvalue weighted by atomic mass is 32.2. The summed E-state index contributed by atoms with van der Waals surface area (Å²) in [6, 6.07) is 5.46. The van der Waals surface area contributed by atoms with E-state index < -0.39 is 22.0 Å². The standard InChI is InChI=1S/C18H23N3O5S/c1-12-6-5-9-21(10-12)16(22)11-26-18(23)13(2)19-17-14-7-3-4-8-15(14)27(24,25)20-17/h3-4,7-8,12-13H,5-6,9-11H2,1-2H3,(H,19,20)/t12-,13-/m0/s1. The maximum absolute atomic E-state index is 12.2. The minimum atomic E-state index is -3.67. The van der Waals surface area contributed by atoms with Crippen LogP contribution in [0.25, 0.3) is 0 Å². The molecule has 146 valence electrons. The Morgan fingerprint density at radius 1 is 1.37 bits per heavy atom. The van der Waals surface area contributed by atoms with Crippen molar-refractivity contribution in [2.75, 3.05) is 19.7 Å². The van der Waals surface area contributed by atoms with Crippen LogP contribution in [0.4, 0.5) is 0 Å². The Kier molecular flexibility index (Phi) is 5.50. The zero-order valence-corrected chi connectivity index (χ0v) is 16.2. The Balaban J connectivity index is 1.61. The molecule has 2 heterocycles. The highest BCUT2D eigenvalue weighted by Crippen LogP contribution is 2.22. The zero-order chi connectivity index (χ0) is 19.6. The molecule has 8 nitrogen and oxygen atoms in total. The van der Waals surface area contributed by atoms with Gasteiger partial charge in [-0.15, -0.1) is 0 Å². The van der Waals surface area contributed by atoms with Gasteiger partial charge in [-0.05, 0) is 37.8 Å². The second-order valence-corrected chi connectivity index (χ2v) is 8.60. The number of carbonyl (C=O) groups is 2. The van der Waals surface area contributed by atoms with Gasteiger partial charge in [-0.3, -0.25) is 14.5 Å². The second kappa shape index (κ2) is 7.67. The van der Waals surface area contributed by atoms with E-state index in [-0.39, 0.29) is 23.2 Å². The van der Waals surface area contributed by atoms with Crippen LogP contribution in [0.2, 0.25) is 0 Å². The lowest BCUT2D eigenvalue weighted by atomic mass is 10.0. The quantitative estimate of drug-likeness (QED) is 0.766. The molecule has 2 aliphatic heterocycles. The first-order valence-corrected chi connectivity index (χ1v) is 10.4. The van der Waals surface area contributed by atoms with Gasteiger partial charge in [0.15, 0.2) is 6.61 Å². The van der Waals surface area contributed by atoms with Gasteiger partial charge in [-0.2, -0.15) is 0 Å². The van der Waals surface area contributed by atoms with E-state index in [0.717, 1.165) is 12.8 Å². The molecule has 0 bridgehead atoms. The number of fused-ring (bicyclic) bond motifs is 1. The summed E-state index contributed by atoms with van der Waals surface area (Å²) >= 11 is 0. The summed E-state index contributed by atoms with van der Waals surface area (Å²) in [6.07, 6.45) is 2.04. The molecule has 3 rings (SSSR count). The lowest BCUT2D eigenvalue weighted by molar-refractivity contribution is -0.153. The first-order valence-electron chi connectivity index (χ1n) is 8.92. The molecule has 1 aromatic carbocycles. The minimum Gasteiger partial charge on any atom is -0.454 e. The van der Waals surface area contributed by atoms with E-state index in [1.165, 1.54) is 13.0 Å². The topological polar surface area (TPSA) is 105 Å². The Labute approximate surface area is 158 Å². The first-order chi connectivity index (χ1) is 12.8. The van der Waals surface area contributed by atoms with Crippen LogP contribution in [-0.4, -0.2) is 56.8 Å². The third kappa shape index (κ3) is 4.29. The van der Waals surface area contributed by atoms with Gasteiger partial charge in [0.05, 0.1) is 4.90 Å². The van der Waals surface area contributed by atoms with E-state index in [9.17, 15) is 18.0 Å². The van der Waals surface area contributed by atoms with Crippen LogP contribution in [0, 0.1) is 5.92 Å². The molecule has 2 aliphatic rings. The monoisotopic (exact) mass is 393 g/mol. The van der Waals surface area contributed by atoms with Gasteiger partial charge in [0.2, 0.25) is 0 Å². The average Bonchev–Trinajstić information content (AvgIpc) is 2.90. The Morgan fingerprint density at radius 3 is 2.85 bits per heavy atom. The number of carbonyl (C=O) groups excluding carboxylic acids is 2. The molecule has 27 heavy (non-hydrogen) atoms. The molecule has 1 aromatic rings. The summed E-state index contributed by atoms with van der Waals surface area (Å²) in [5.74, 6) is -0.350. The third-order valence-corrected chi connectivity index (χ3v) is 6.07. The predicted octanol–water partition coefficient (Wildman–Crippen LogP) is 0.915. The van der Waals surface area contributed by atoms with Crippen LogP contribution in [0.15, 0.2) is 34.2 Å². The van der Waals surface area contributed by atoms with Crippen LogP contribution in [0.3, 0.4) is 0 Å². The number of benzene rings is 1. The number of amides is 1. The Morgan fingerprint density at radius 2 is 2.11 bits per heavy atom. The maximum Gasteiger partial charge on any atom is 0.331 e. The summed E-state index contributed by atoms with van der Waals surface area (Å²) in [4.78, 5) is 30.3. The van der Waals surface area contributed by atoms with Crippen molar-refractivity contribution in [3.63, 3.8) is 0 Å². The number of aliphatic imine (C=N–C) groups is 1. The number of sulfonamides is 1. The van der Waals surface area contributed by atoms with E-state index in [2.05, 4.69) is 16.6 Å². The molecule has 0 saturated carbocycles. The largest absolute Gasteiger partial charge is 0.454 e. The molecular formula is C18H23N3O5S.